The van der Waals surface area contributed by atoms with Crippen LogP contribution in [0.1, 0.15) is 11.6 Å². The zero-order chi connectivity index (χ0) is 15.5. The number of aromatic nitrogens is 1. The average Bonchev–Trinajstić information content (AvgIpc) is 2.55. The first-order chi connectivity index (χ1) is 10.6. The van der Waals surface area contributed by atoms with Crippen LogP contribution in [0.15, 0.2) is 42.6 Å². The molecule has 0 aliphatic carbocycles. The Labute approximate surface area is 133 Å². The Hall–Kier alpha value is -1.86. The summed E-state index contributed by atoms with van der Waals surface area (Å²) >= 11 is 6.07. The first kappa shape index (κ1) is 15.1. The standard InChI is InChI=1S/C15H15ClN3O3/c16-12-3-1-2-11(8-12)14-10-22-7-6-18(14)15-5-4-13(9-17-15)19(20)21/h1-5,8-9,14,20H,6-7,10H2/q-1. The lowest BCUT2D eigenvalue weighted by molar-refractivity contribution is 0.0937. The maximum atomic E-state index is 10.8. The molecule has 0 saturated carbocycles. The molecule has 1 aromatic carbocycles. The number of hydrogen-bond donors (Lipinski definition) is 1. The zero-order valence-corrected chi connectivity index (χ0v) is 12.5. The van der Waals surface area contributed by atoms with Gasteiger partial charge >= 0.3 is 0 Å². The van der Waals surface area contributed by atoms with Gasteiger partial charge in [0.05, 0.1) is 31.1 Å². The molecule has 0 radical (unpaired) electrons. The van der Waals surface area contributed by atoms with Crippen LogP contribution >= 0.6 is 11.6 Å². The number of halogens is 1. The van der Waals surface area contributed by atoms with E-state index in [0.29, 0.717) is 24.8 Å². The molecule has 1 aliphatic rings. The molecule has 2 heterocycles. The van der Waals surface area contributed by atoms with E-state index in [-0.39, 0.29) is 17.0 Å². The molecule has 0 spiro atoms. The highest BCUT2D eigenvalue weighted by Crippen LogP contribution is 2.30. The van der Waals surface area contributed by atoms with Crippen molar-refractivity contribution < 1.29 is 9.94 Å². The van der Waals surface area contributed by atoms with Gasteiger partial charge in [-0.25, -0.2) is 4.98 Å². The number of pyridine rings is 1. The molecule has 7 heteroatoms. The molecule has 1 saturated heterocycles. The Morgan fingerprint density at radius 1 is 1.36 bits per heavy atom. The van der Waals surface area contributed by atoms with Gasteiger partial charge in [-0.1, -0.05) is 23.7 Å². The van der Waals surface area contributed by atoms with Crippen molar-refractivity contribution in [1.82, 2.24) is 4.98 Å². The summed E-state index contributed by atoms with van der Waals surface area (Å²) in [6, 6.07) is 10.9. The van der Waals surface area contributed by atoms with E-state index in [0.717, 1.165) is 11.4 Å². The summed E-state index contributed by atoms with van der Waals surface area (Å²) in [7, 11) is 0. The van der Waals surface area contributed by atoms with Crippen molar-refractivity contribution in [2.75, 3.05) is 29.9 Å². The third-order valence-corrected chi connectivity index (χ3v) is 3.84. The summed E-state index contributed by atoms with van der Waals surface area (Å²) in [6.45, 7) is 1.83. The fourth-order valence-corrected chi connectivity index (χ4v) is 2.73. The van der Waals surface area contributed by atoms with E-state index in [1.54, 1.807) is 6.07 Å². The Balaban J connectivity index is 1.89. The molecule has 116 valence electrons. The van der Waals surface area contributed by atoms with Crippen LogP contribution in [-0.4, -0.2) is 29.9 Å². The van der Waals surface area contributed by atoms with Crippen molar-refractivity contribution in [2.45, 2.75) is 6.04 Å². The predicted molar refractivity (Wildman–Crippen MR) is 84.2 cm³/mol. The normalized spacial score (nSPS) is 18.3. The largest absolute Gasteiger partial charge is 0.733 e. The second-order valence-corrected chi connectivity index (χ2v) is 5.42. The van der Waals surface area contributed by atoms with Gasteiger partial charge in [-0.05, 0) is 29.8 Å². The summed E-state index contributed by atoms with van der Waals surface area (Å²) in [6.07, 6.45) is 1.34. The molecule has 1 fully saturated rings. The molecule has 1 atom stereocenters. The Kier molecular flexibility index (Phi) is 4.44. The third-order valence-electron chi connectivity index (χ3n) is 3.61. The van der Waals surface area contributed by atoms with Crippen LogP contribution < -0.4 is 10.1 Å². The van der Waals surface area contributed by atoms with Crippen molar-refractivity contribution in [3.63, 3.8) is 0 Å². The van der Waals surface area contributed by atoms with E-state index in [1.165, 1.54) is 12.3 Å². The molecule has 0 amide bonds. The van der Waals surface area contributed by atoms with Crippen LogP contribution in [0.4, 0.5) is 11.5 Å². The van der Waals surface area contributed by atoms with Gasteiger partial charge in [-0.2, -0.15) is 0 Å². The highest BCUT2D eigenvalue weighted by molar-refractivity contribution is 6.30. The van der Waals surface area contributed by atoms with Gasteiger partial charge < -0.3 is 20.1 Å². The van der Waals surface area contributed by atoms with E-state index in [9.17, 15) is 5.21 Å². The molecule has 1 aromatic heterocycles. The lowest BCUT2D eigenvalue weighted by Gasteiger charge is -2.37. The first-order valence-electron chi connectivity index (χ1n) is 6.87. The summed E-state index contributed by atoms with van der Waals surface area (Å²) in [5.41, 5.74) is 1.14. The van der Waals surface area contributed by atoms with Gasteiger partial charge in [0.1, 0.15) is 5.82 Å². The van der Waals surface area contributed by atoms with Crippen molar-refractivity contribution in [3.8, 4) is 0 Å². The van der Waals surface area contributed by atoms with Gasteiger partial charge in [-0.3, -0.25) is 5.21 Å². The van der Waals surface area contributed by atoms with Crippen molar-refractivity contribution >= 4 is 23.1 Å². The van der Waals surface area contributed by atoms with Gasteiger partial charge in [0.15, 0.2) is 0 Å². The van der Waals surface area contributed by atoms with E-state index in [2.05, 4.69) is 9.88 Å². The summed E-state index contributed by atoms with van der Waals surface area (Å²) in [4.78, 5) is 6.36. The van der Waals surface area contributed by atoms with Crippen LogP contribution in [0.5, 0.6) is 0 Å². The summed E-state index contributed by atoms with van der Waals surface area (Å²) < 4.78 is 5.58. The lowest BCUT2D eigenvalue weighted by atomic mass is 10.0. The maximum absolute atomic E-state index is 10.8. The molecule has 6 nitrogen and oxygen atoms in total. The monoisotopic (exact) mass is 320 g/mol. The lowest BCUT2D eigenvalue weighted by Crippen LogP contribution is -2.40. The van der Waals surface area contributed by atoms with Crippen LogP contribution in [0.2, 0.25) is 5.02 Å². The fraction of sp³-hybridized carbons (Fsp3) is 0.267. The Morgan fingerprint density at radius 3 is 2.91 bits per heavy atom. The minimum Gasteiger partial charge on any atom is -0.733 e. The van der Waals surface area contributed by atoms with E-state index in [1.807, 2.05) is 24.3 Å². The fourth-order valence-electron chi connectivity index (χ4n) is 2.53. The van der Waals surface area contributed by atoms with Crippen LogP contribution in [-0.2, 0) is 4.74 Å². The van der Waals surface area contributed by atoms with Crippen LogP contribution in [0.25, 0.3) is 0 Å². The molecular weight excluding hydrogens is 306 g/mol. The van der Waals surface area contributed by atoms with E-state index in [4.69, 9.17) is 21.5 Å². The van der Waals surface area contributed by atoms with Gasteiger partial charge in [0, 0.05) is 11.6 Å². The molecular formula is C15H15ClN3O3-. The smallest absolute Gasteiger partial charge is 0.129 e. The SMILES string of the molecule is [O-]N(O)c1ccc(N2CCOCC2c2cccc(Cl)c2)nc1. The number of morpholine rings is 1. The second-order valence-electron chi connectivity index (χ2n) is 4.99. The number of nitrogens with zero attached hydrogens (tertiary/aromatic N) is 3. The second kappa shape index (κ2) is 6.50. The molecule has 22 heavy (non-hydrogen) atoms. The molecule has 3 rings (SSSR count). The highest BCUT2D eigenvalue weighted by Gasteiger charge is 2.25. The van der Waals surface area contributed by atoms with Crippen molar-refractivity contribution in [2.24, 2.45) is 0 Å². The first-order valence-corrected chi connectivity index (χ1v) is 7.25. The molecule has 1 aliphatic heterocycles. The van der Waals surface area contributed by atoms with E-state index < -0.39 is 0 Å². The zero-order valence-electron chi connectivity index (χ0n) is 11.7. The van der Waals surface area contributed by atoms with Crippen LogP contribution in [0, 0.1) is 5.21 Å². The molecule has 0 bridgehead atoms. The van der Waals surface area contributed by atoms with E-state index >= 15 is 0 Å². The van der Waals surface area contributed by atoms with Crippen molar-refractivity contribution in [1.29, 1.82) is 0 Å². The van der Waals surface area contributed by atoms with Crippen LogP contribution in [0.3, 0.4) is 0 Å². The molecule has 1 N–H and O–H groups in total. The maximum Gasteiger partial charge on any atom is 0.129 e. The number of hydrogen-bond acceptors (Lipinski definition) is 6. The summed E-state index contributed by atoms with van der Waals surface area (Å²) in [5, 5.41) is 20.2. The topological polar surface area (TPSA) is 71.9 Å². The highest BCUT2D eigenvalue weighted by atomic mass is 35.5. The number of ether oxygens (including phenoxy) is 1. The molecule has 2 aromatic rings. The predicted octanol–water partition coefficient (Wildman–Crippen LogP) is 3.01. The Bertz CT molecular complexity index is 636. The number of rotatable bonds is 3. The number of anilines is 2. The third kappa shape index (κ3) is 3.15. The van der Waals surface area contributed by atoms with Gasteiger partial charge in [0.2, 0.25) is 0 Å². The van der Waals surface area contributed by atoms with Crippen molar-refractivity contribution in [3.05, 3.63) is 58.4 Å². The molecule has 1 unspecified atom stereocenters. The van der Waals surface area contributed by atoms with Gasteiger partial charge in [0.25, 0.3) is 0 Å². The quantitative estimate of drug-likeness (QED) is 0.876. The minimum absolute atomic E-state index is 0.00304. The minimum atomic E-state index is -0.204. The Morgan fingerprint density at radius 2 is 2.23 bits per heavy atom. The summed E-state index contributed by atoms with van der Waals surface area (Å²) in [5.74, 6) is 0.721. The number of benzene rings is 1. The van der Waals surface area contributed by atoms with Gasteiger partial charge in [-0.15, -0.1) is 0 Å². The average molecular weight is 321 g/mol.